The van der Waals surface area contributed by atoms with Gasteiger partial charge in [-0.3, -0.25) is 9.69 Å². The Labute approximate surface area is 166 Å². The summed E-state index contributed by atoms with van der Waals surface area (Å²) in [5, 5.41) is 3.08. The first-order valence-electron chi connectivity index (χ1n) is 9.86. The van der Waals surface area contributed by atoms with E-state index in [4.69, 9.17) is 9.47 Å². The smallest absolute Gasteiger partial charge is 0.251 e. The molecule has 1 amide bonds. The normalized spacial score (nSPS) is 17.3. The first kappa shape index (κ1) is 20.2. The Kier molecular flexibility index (Phi) is 6.92. The Hall–Kier alpha value is -2.54. The number of carbonyl (C=O) groups excluding carboxylic acids is 1. The minimum absolute atomic E-state index is 0.101. The molecule has 2 heterocycles. The summed E-state index contributed by atoms with van der Waals surface area (Å²) in [6.45, 7) is 6.64. The number of carbonyl (C=O) groups is 1. The van der Waals surface area contributed by atoms with E-state index in [9.17, 15) is 4.79 Å². The highest BCUT2D eigenvalue weighted by molar-refractivity contribution is 5.95. The average molecular weight is 386 g/mol. The number of benzene rings is 1. The number of rotatable bonds is 8. The van der Waals surface area contributed by atoms with Crippen LogP contribution in [0.5, 0.6) is 11.5 Å². The Balaban J connectivity index is 1.55. The van der Waals surface area contributed by atoms with E-state index in [0.717, 1.165) is 44.8 Å². The largest absolute Gasteiger partial charge is 0.497 e. The van der Waals surface area contributed by atoms with Crippen molar-refractivity contribution in [2.24, 2.45) is 5.92 Å². The van der Waals surface area contributed by atoms with Crippen LogP contribution in [0.25, 0.3) is 0 Å². The maximum absolute atomic E-state index is 12.6. The van der Waals surface area contributed by atoms with E-state index in [1.165, 1.54) is 0 Å². The summed E-state index contributed by atoms with van der Waals surface area (Å²) in [7, 11) is 3.16. The van der Waals surface area contributed by atoms with E-state index >= 15 is 0 Å². The number of hydrogen-bond acceptors (Lipinski definition) is 5. The van der Waals surface area contributed by atoms with Crippen LogP contribution in [-0.4, -0.2) is 54.2 Å². The van der Waals surface area contributed by atoms with Crippen molar-refractivity contribution < 1.29 is 14.3 Å². The highest BCUT2D eigenvalue weighted by atomic mass is 16.5. The molecule has 0 spiro atoms. The molecule has 0 saturated carbocycles. The second kappa shape index (κ2) is 9.59. The summed E-state index contributed by atoms with van der Waals surface area (Å²) in [5.74, 6) is 2.67. The van der Waals surface area contributed by atoms with Gasteiger partial charge in [-0.1, -0.05) is 0 Å². The molecule has 152 valence electrons. The van der Waals surface area contributed by atoms with Crippen LogP contribution >= 0.6 is 0 Å². The second-order valence-electron chi connectivity index (χ2n) is 7.18. The molecule has 3 rings (SSSR count). The first-order chi connectivity index (χ1) is 13.6. The maximum atomic E-state index is 12.6. The zero-order valence-electron chi connectivity index (χ0n) is 17.0. The van der Waals surface area contributed by atoms with Gasteiger partial charge < -0.3 is 19.4 Å². The van der Waals surface area contributed by atoms with Gasteiger partial charge in [0.25, 0.3) is 5.91 Å². The van der Waals surface area contributed by atoms with Crippen molar-refractivity contribution in [2.45, 2.75) is 32.9 Å². The first-order valence-corrected chi connectivity index (χ1v) is 9.86. The fraction of sp³-hybridized carbons (Fsp3) is 0.524. The summed E-state index contributed by atoms with van der Waals surface area (Å²) >= 11 is 0. The summed E-state index contributed by atoms with van der Waals surface area (Å²) in [5.41, 5.74) is 0.550. The van der Waals surface area contributed by atoms with Gasteiger partial charge in [-0.15, -0.1) is 0 Å². The number of ether oxygens (including phenoxy) is 2. The quantitative estimate of drug-likeness (QED) is 0.755. The van der Waals surface area contributed by atoms with Crippen LogP contribution in [0.4, 0.5) is 0 Å². The fourth-order valence-electron chi connectivity index (χ4n) is 3.72. The Morgan fingerprint density at radius 1 is 1.25 bits per heavy atom. The molecule has 1 saturated heterocycles. The minimum atomic E-state index is -0.101. The van der Waals surface area contributed by atoms with Crippen molar-refractivity contribution in [2.75, 3.05) is 33.9 Å². The van der Waals surface area contributed by atoms with Gasteiger partial charge in [0.05, 0.1) is 20.8 Å². The van der Waals surface area contributed by atoms with E-state index in [0.29, 0.717) is 29.5 Å². The van der Waals surface area contributed by atoms with Gasteiger partial charge in [0.2, 0.25) is 0 Å². The van der Waals surface area contributed by atoms with Crippen molar-refractivity contribution in [1.29, 1.82) is 0 Å². The number of nitrogens with zero attached hydrogens (tertiary/aromatic N) is 3. The highest BCUT2D eigenvalue weighted by Crippen LogP contribution is 2.23. The number of hydrogen-bond donors (Lipinski definition) is 1. The third kappa shape index (κ3) is 5.04. The van der Waals surface area contributed by atoms with E-state index in [1.807, 2.05) is 12.4 Å². The SMILES string of the molecule is CCn1ccnc1CN1CCCC(CNC(=O)c2cc(OC)cc(OC)c2)C1. The monoisotopic (exact) mass is 386 g/mol. The lowest BCUT2D eigenvalue weighted by Gasteiger charge is -2.32. The molecular formula is C21H30N4O3. The van der Waals surface area contributed by atoms with Crippen LogP contribution in [0.2, 0.25) is 0 Å². The molecule has 1 aliphatic heterocycles. The molecule has 1 fully saturated rings. The van der Waals surface area contributed by atoms with Crippen LogP contribution in [0.1, 0.15) is 35.9 Å². The van der Waals surface area contributed by atoms with Gasteiger partial charge in [0.1, 0.15) is 17.3 Å². The van der Waals surface area contributed by atoms with Gasteiger partial charge in [-0.2, -0.15) is 0 Å². The summed E-state index contributed by atoms with van der Waals surface area (Å²) in [6, 6.07) is 5.22. The van der Waals surface area contributed by atoms with E-state index in [-0.39, 0.29) is 5.91 Å². The number of piperidine rings is 1. The molecule has 0 radical (unpaired) electrons. The molecule has 28 heavy (non-hydrogen) atoms. The number of aromatic nitrogens is 2. The molecule has 0 bridgehead atoms. The average Bonchev–Trinajstić information content (AvgIpc) is 3.18. The van der Waals surface area contributed by atoms with Crippen LogP contribution in [0.3, 0.4) is 0 Å². The van der Waals surface area contributed by atoms with Crippen molar-refractivity contribution in [3.8, 4) is 11.5 Å². The molecule has 7 nitrogen and oxygen atoms in total. The summed E-state index contributed by atoms with van der Waals surface area (Å²) in [6.07, 6.45) is 6.16. The molecule has 1 atom stereocenters. The van der Waals surface area contributed by atoms with Gasteiger partial charge in [-0.25, -0.2) is 4.98 Å². The third-order valence-electron chi connectivity index (χ3n) is 5.28. The molecule has 0 aliphatic carbocycles. The zero-order chi connectivity index (χ0) is 19.9. The topological polar surface area (TPSA) is 68.6 Å². The van der Waals surface area contributed by atoms with Crippen LogP contribution in [-0.2, 0) is 13.1 Å². The van der Waals surface area contributed by atoms with E-state index in [1.54, 1.807) is 32.4 Å². The number of aryl methyl sites for hydroxylation is 1. The molecule has 1 unspecified atom stereocenters. The number of likely N-dealkylation sites (tertiary alicyclic amines) is 1. The molecule has 1 aromatic carbocycles. The fourth-order valence-corrected chi connectivity index (χ4v) is 3.72. The van der Waals surface area contributed by atoms with Crippen LogP contribution in [0.15, 0.2) is 30.6 Å². The third-order valence-corrected chi connectivity index (χ3v) is 5.28. The van der Waals surface area contributed by atoms with Crippen molar-refractivity contribution in [3.05, 3.63) is 42.0 Å². The number of nitrogens with one attached hydrogen (secondary N) is 1. The highest BCUT2D eigenvalue weighted by Gasteiger charge is 2.22. The predicted molar refractivity (Wildman–Crippen MR) is 108 cm³/mol. The maximum Gasteiger partial charge on any atom is 0.251 e. The van der Waals surface area contributed by atoms with Crippen LogP contribution < -0.4 is 14.8 Å². The zero-order valence-corrected chi connectivity index (χ0v) is 17.0. The standard InChI is InChI=1S/C21H30N4O3/c1-4-25-9-7-22-20(25)15-24-8-5-6-16(14-24)13-23-21(26)17-10-18(27-2)12-19(11-17)28-3/h7,9-12,16H,4-6,8,13-15H2,1-3H3,(H,23,26). The Morgan fingerprint density at radius 3 is 2.68 bits per heavy atom. The number of amides is 1. The molecular weight excluding hydrogens is 356 g/mol. The lowest BCUT2D eigenvalue weighted by molar-refractivity contribution is 0.0929. The number of methoxy groups -OCH3 is 2. The number of imidazole rings is 1. The summed E-state index contributed by atoms with van der Waals surface area (Å²) < 4.78 is 12.7. The van der Waals surface area contributed by atoms with Crippen molar-refractivity contribution >= 4 is 5.91 Å². The molecule has 2 aromatic rings. The van der Waals surface area contributed by atoms with E-state index < -0.39 is 0 Å². The second-order valence-corrected chi connectivity index (χ2v) is 7.18. The summed E-state index contributed by atoms with van der Waals surface area (Å²) in [4.78, 5) is 19.5. The van der Waals surface area contributed by atoms with Crippen molar-refractivity contribution in [1.82, 2.24) is 19.8 Å². The van der Waals surface area contributed by atoms with Crippen LogP contribution in [0, 0.1) is 5.92 Å². The molecule has 7 heteroatoms. The Bertz CT molecular complexity index is 767. The molecule has 1 aliphatic rings. The predicted octanol–water partition coefficient (Wildman–Crippen LogP) is 2.56. The van der Waals surface area contributed by atoms with Gasteiger partial charge >= 0.3 is 0 Å². The Morgan fingerprint density at radius 2 is 2.00 bits per heavy atom. The van der Waals surface area contributed by atoms with Gasteiger partial charge in [-0.05, 0) is 44.4 Å². The molecule has 1 aromatic heterocycles. The molecule has 1 N–H and O–H groups in total. The minimum Gasteiger partial charge on any atom is -0.497 e. The van der Waals surface area contributed by atoms with Gasteiger partial charge in [0.15, 0.2) is 0 Å². The van der Waals surface area contributed by atoms with E-state index in [2.05, 4.69) is 26.7 Å². The lowest BCUT2D eigenvalue weighted by Crippen LogP contribution is -2.41. The van der Waals surface area contributed by atoms with Gasteiger partial charge in [0, 0.05) is 43.7 Å². The van der Waals surface area contributed by atoms with Crippen molar-refractivity contribution in [3.63, 3.8) is 0 Å². The lowest BCUT2D eigenvalue weighted by atomic mass is 9.98.